The summed E-state index contributed by atoms with van der Waals surface area (Å²) in [5, 5.41) is 3.15. The maximum Gasteiger partial charge on any atom is 0.188 e. The molecule has 1 aromatic carbocycles. The Hall–Kier alpha value is -1.71. The van der Waals surface area contributed by atoms with Crippen molar-refractivity contribution in [2.45, 2.75) is 45.1 Å². The van der Waals surface area contributed by atoms with Crippen LogP contribution >= 0.6 is 0 Å². The third kappa shape index (κ3) is 4.76. The Bertz CT molecular complexity index is 473. The molecule has 0 aliphatic heterocycles. The summed E-state index contributed by atoms with van der Waals surface area (Å²) >= 11 is 0. The number of hydrogen-bond donors (Lipinski definition) is 2. The van der Waals surface area contributed by atoms with Gasteiger partial charge < -0.3 is 15.8 Å². The smallest absolute Gasteiger partial charge is 0.188 e. The number of rotatable bonds is 5. The molecular formula is C16H25N3O. The molecule has 0 amide bonds. The second-order valence-corrected chi connectivity index (χ2v) is 6.31. The van der Waals surface area contributed by atoms with Crippen molar-refractivity contribution >= 4 is 5.96 Å². The van der Waals surface area contributed by atoms with Gasteiger partial charge in [0, 0.05) is 6.04 Å². The molecule has 0 heterocycles. The van der Waals surface area contributed by atoms with Crippen LogP contribution in [0.3, 0.4) is 0 Å². The van der Waals surface area contributed by atoms with Crippen molar-refractivity contribution < 1.29 is 4.74 Å². The van der Waals surface area contributed by atoms with E-state index >= 15 is 0 Å². The Morgan fingerprint density at radius 2 is 2.15 bits per heavy atom. The highest BCUT2D eigenvalue weighted by molar-refractivity contribution is 5.78. The van der Waals surface area contributed by atoms with Crippen LogP contribution in [0.5, 0.6) is 5.75 Å². The summed E-state index contributed by atoms with van der Waals surface area (Å²) in [4.78, 5) is 4.25. The van der Waals surface area contributed by atoms with Gasteiger partial charge in [-0.15, -0.1) is 0 Å². The SMILES string of the molecule is CC(C)(C)c1cccc(OCCN=C(N)NC2CC2)c1. The number of nitrogens with two attached hydrogens (primary N) is 1. The largest absolute Gasteiger partial charge is 0.492 e. The molecule has 0 atom stereocenters. The predicted octanol–water partition coefficient (Wildman–Crippen LogP) is 2.43. The summed E-state index contributed by atoms with van der Waals surface area (Å²) in [5.41, 5.74) is 7.17. The van der Waals surface area contributed by atoms with Crippen LogP contribution in [-0.4, -0.2) is 25.2 Å². The van der Waals surface area contributed by atoms with Crippen molar-refractivity contribution in [2.24, 2.45) is 10.7 Å². The molecule has 4 heteroatoms. The van der Waals surface area contributed by atoms with Gasteiger partial charge >= 0.3 is 0 Å². The van der Waals surface area contributed by atoms with Gasteiger partial charge in [-0.2, -0.15) is 0 Å². The summed E-state index contributed by atoms with van der Waals surface area (Å²) in [7, 11) is 0. The zero-order chi connectivity index (χ0) is 14.6. The van der Waals surface area contributed by atoms with E-state index in [1.165, 1.54) is 18.4 Å². The van der Waals surface area contributed by atoms with Crippen molar-refractivity contribution in [1.82, 2.24) is 5.32 Å². The van der Waals surface area contributed by atoms with Crippen molar-refractivity contribution in [3.05, 3.63) is 29.8 Å². The minimum atomic E-state index is 0.135. The van der Waals surface area contributed by atoms with E-state index in [4.69, 9.17) is 10.5 Å². The van der Waals surface area contributed by atoms with Crippen molar-refractivity contribution in [2.75, 3.05) is 13.2 Å². The van der Waals surface area contributed by atoms with Crippen LogP contribution in [0.4, 0.5) is 0 Å². The predicted molar refractivity (Wildman–Crippen MR) is 83.3 cm³/mol. The molecule has 0 saturated heterocycles. The Balaban J connectivity index is 1.78. The van der Waals surface area contributed by atoms with E-state index in [1.54, 1.807) is 0 Å². The van der Waals surface area contributed by atoms with Gasteiger partial charge in [0.25, 0.3) is 0 Å². The van der Waals surface area contributed by atoms with Crippen LogP contribution in [0.25, 0.3) is 0 Å². The fourth-order valence-corrected chi connectivity index (χ4v) is 1.86. The molecule has 1 aliphatic carbocycles. The molecule has 1 fully saturated rings. The van der Waals surface area contributed by atoms with E-state index in [2.05, 4.69) is 43.2 Å². The quantitative estimate of drug-likeness (QED) is 0.493. The molecule has 1 aromatic rings. The summed E-state index contributed by atoms with van der Waals surface area (Å²) in [6.07, 6.45) is 2.40. The molecule has 0 unspecified atom stereocenters. The topological polar surface area (TPSA) is 59.6 Å². The standard InChI is InChI=1S/C16H25N3O/c1-16(2,3)12-5-4-6-14(11-12)20-10-9-18-15(17)19-13-7-8-13/h4-6,11,13H,7-10H2,1-3H3,(H3,17,18,19). The molecule has 0 spiro atoms. The van der Waals surface area contributed by atoms with Crippen LogP contribution in [0.15, 0.2) is 29.3 Å². The molecule has 1 aliphatic rings. The summed E-state index contributed by atoms with van der Waals surface area (Å²) in [6, 6.07) is 8.77. The number of benzene rings is 1. The fraction of sp³-hybridized carbons (Fsp3) is 0.562. The number of nitrogens with one attached hydrogen (secondary N) is 1. The number of ether oxygens (including phenoxy) is 1. The highest BCUT2D eigenvalue weighted by Crippen LogP contribution is 2.25. The molecule has 2 rings (SSSR count). The molecule has 110 valence electrons. The van der Waals surface area contributed by atoms with Gasteiger partial charge in [0.1, 0.15) is 12.4 Å². The van der Waals surface area contributed by atoms with E-state index in [0.717, 1.165) is 5.75 Å². The van der Waals surface area contributed by atoms with E-state index in [9.17, 15) is 0 Å². The van der Waals surface area contributed by atoms with Gasteiger partial charge in [0.15, 0.2) is 5.96 Å². The lowest BCUT2D eigenvalue weighted by atomic mass is 9.87. The lowest BCUT2D eigenvalue weighted by Crippen LogP contribution is -2.33. The normalized spacial score (nSPS) is 16.1. The second kappa shape index (κ2) is 6.16. The van der Waals surface area contributed by atoms with Crippen LogP contribution in [0, 0.1) is 0 Å². The Labute approximate surface area is 121 Å². The second-order valence-electron chi connectivity index (χ2n) is 6.31. The Morgan fingerprint density at radius 3 is 2.80 bits per heavy atom. The zero-order valence-corrected chi connectivity index (χ0v) is 12.6. The average molecular weight is 275 g/mol. The zero-order valence-electron chi connectivity index (χ0n) is 12.6. The lowest BCUT2D eigenvalue weighted by molar-refractivity contribution is 0.327. The number of hydrogen-bond acceptors (Lipinski definition) is 2. The minimum absolute atomic E-state index is 0.135. The summed E-state index contributed by atoms with van der Waals surface area (Å²) in [6.45, 7) is 7.70. The molecular weight excluding hydrogens is 250 g/mol. The van der Waals surface area contributed by atoms with E-state index in [-0.39, 0.29) is 5.41 Å². The third-order valence-corrected chi connectivity index (χ3v) is 3.27. The van der Waals surface area contributed by atoms with E-state index < -0.39 is 0 Å². The lowest BCUT2D eigenvalue weighted by Gasteiger charge is -2.19. The first-order valence-electron chi connectivity index (χ1n) is 7.25. The molecule has 0 aromatic heterocycles. The first kappa shape index (κ1) is 14.7. The fourth-order valence-electron chi connectivity index (χ4n) is 1.86. The minimum Gasteiger partial charge on any atom is -0.492 e. The van der Waals surface area contributed by atoms with Gasteiger partial charge in [0.05, 0.1) is 6.54 Å². The maximum atomic E-state index is 5.76. The molecule has 20 heavy (non-hydrogen) atoms. The first-order chi connectivity index (χ1) is 9.45. The van der Waals surface area contributed by atoms with Gasteiger partial charge in [-0.25, -0.2) is 4.99 Å². The maximum absolute atomic E-state index is 5.76. The highest BCUT2D eigenvalue weighted by Gasteiger charge is 2.21. The average Bonchev–Trinajstić information content (AvgIpc) is 3.18. The molecule has 0 bridgehead atoms. The van der Waals surface area contributed by atoms with Crippen LogP contribution in [-0.2, 0) is 5.41 Å². The van der Waals surface area contributed by atoms with Gasteiger partial charge in [-0.1, -0.05) is 32.9 Å². The van der Waals surface area contributed by atoms with Crippen molar-refractivity contribution in [1.29, 1.82) is 0 Å². The Kier molecular flexibility index (Phi) is 4.53. The van der Waals surface area contributed by atoms with Gasteiger partial charge in [0.2, 0.25) is 0 Å². The van der Waals surface area contributed by atoms with Gasteiger partial charge in [-0.3, -0.25) is 0 Å². The third-order valence-electron chi connectivity index (χ3n) is 3.27. The monoisotopic (exact) mass is 275 g/mol. The van der Waals surface area contributed by atoms with Crippen LogP contribution in [0.2, 0.25) is 0 Å². The van der Waals surface area contributed by atoms with Gasteiger partial charge in [-0.05, 0) is 36.0 Å². The number of nitrogens with zero attached hydrogens (tertiary/aromatic N) is 1. The Morgan fingerprint density at radius 1 is 1.40 bits per heavy atom. The molecule has 1 saturated carbocycles. The number of guanidine groups is 1. The first-order valence-corrected chi connectivity index (χ1v) is 7.25. The number of aliphatic imine (C=N–C) groups is 1. The van der Waals surface area contributed by atoms with Crippen molar-refractivity contribution in [3.63, 3.8) is 0 Å². The van der Waals surface area contributed by atoms with Crippen LogP contribution < -0.4 is 15.8 Å². The van der Waals surface area contributed by atoms with E-state index in [0.29, 0.717) is 25.2 Å². The molecule has 3 N–H and O–H groups in total. The van der Waals surface area contributed by atoms with Crippen molar-refractivity contribution in [3.8, 4) is 5.75 Å². The van der Waals surface area contributed by atoms with Crippen LogP contribution in [0.1, 0.15) is 39.2 Å². The highest BCUT2D eigenvalue weighted by atomic mass is 16.5. The summed E-state index contributed by atoms with van der Waals surface area (Å²) in [5.74, 6) is 1.42. The van der Waals surface area contributed by atoms with E-state index in [1.807, 2.05) is 12.1 Å². The molecule has 0 radical (unpaired) electrons. The summed E-state index contributed by atoms with van der Waals surface area (Å²) < 4.78 is 5.72. The molecule has 4 nitrogen and oxygen atoms in total.